The van der Waals surface area contributed by atoms with E-state index in [9.17, 15) is 0 Å². The third kappa shape index (κ3) is 3.20. The van der Waals surface area contributed by atoms with Crippen LogP contribution in [0, 0.1) is 5.92 Å². The molecule has 1 saturated carbocycles. The molecule has 0 heterocycles. The summed E-state index contributed by atoms with van der Waals surface area (Å²) in [7, 11) is 0. The topological polar surface area (TPSA) is 26.0 Å². The van der Waals surface area contributed by atoms with Crippen LogP contribution >= 0.6 is 23.2 Å². The van der Waals surface area contributed by atoms with Gasteiger partial charge in [0, 0.05) is 6.04 Å². The lowest BCUT2D eigenvalue weighted by Gasteiger charge is -2.34. The highest BCUT2D eigenvalue weighted by atomic mass is 35.5. The second-order valence-electron chi connectivity index (χ2n) is 5.41. The molecule has 0 bridgehead atoms. The second-order valence-corrected chi connectivity index (χ2v) is 6.23. The van der Waals surface area contributed by atoms with Crippen molar-refractivity contribution in [1.82, 2.24) is 0 Å². The third-order valence-electron chi connectivity index (χ3n) is 4.08. The monoisotopic (exact) mass is 285 g/mol. The molecule has 1 fully saturated rings. The van der Waals surface area contributed by atoms with Gasteiger partial charge in [-0.3, -0.25) is 0 Å². The van der Waals surface area contributed by atoms with E-state index in [1.807, 2.05) is 12.1 Å². The van der Waals surface area contributed by atoms with Crippen molar-refractivity contribution >= 4 is 23.2 Å². The van der Waals surface area contributed by atoms with Gasteiger partial charge >= 0.3 is 0 Å². The van der Waals surface area contributed by atoms with Gasteiger partial charge < -0.3 is 5.73 Å². The van der Waals surface area contributed by atoms with Crippen LogP contribution in [0.1, 0.15) is 50.5 Å². The quantitative estimate of drug-likeness (QED) is 0.831. The molecule has 3 heteroatoms. The van der Waals surface area contributed by atoms with Crippen molar-refractivity contribution in [2.24, 2.45) is 11.7 Å². The van der Waals surface area contributed by atoms with E-state index in [1.165, 1.54) is 31.2 Å². The van der Waals surface area contributed by atoms with Crippen LogP contribution in [0.5, 0.6) is 0 Å². The minimum atomic E-state index is 0.260. The zero-order valence-corrected chi connectivity index (χ0v) is 12.3. The molecule has 0 amide bonds. The van der Waals surface area contributed by atoms with Crippen molar-refractivity contribution < 1.29 is 0 Å². The van der Waals surface area contributed by atoms with E-state index in [0.717, 1.165) is 12.3 Å². The Morgan fingerprint density at radius 1 is 1.22 bits per heavy atom. The Bertz CT molecular complexity index is 405. The van der Waals surface area contributed by atoms with Crippen LogP contribution in [-0.2, 0) is 0 Å². The van der Waals surface area contributed by atoms with E-state index in [2.05, 4.69) is 13.0 Å². The van der Waals surface area contributed by atoms with Gasteiger partial charge in [-0.1, -0.05) is 49.0 Å². The molecule has 0 saturated heterocycles. The van der Waals surface area contributed by atoms with Crippen LogP contribution in [0.15, 0.2) is 18.2 Å². The largest absolute Gasteiger partial charge is 0.327 e. The number of nitrogens with two attached hydrogens (primary N) is 1. The Hall–Kier alpha value is -0.240. The van der Waals surface area contributed by atoms with Gasteiger partial charge in [-0.15, -0.1) is 0 Å². The van der Waals surface area contributed by atoms with Gasteiger partial charge in [-0.2, -0.15) is 0 Å². The molecule has 1 aliphatic rings. The zero-order valence-electron chi connectivity index (χ0n) is 10.8. The average Bonchev–Trinajstić information content (AvgIpc) is 2.35. The number of hydrogen-bond acceptors (Lipinski definition) is 1. The molecule has 0 radical (unpaired) electrons. The molecular formula is C15H21Cl2N. The first-order chi connectivity index (χ1) is 8.61. The smallest absolute Gasteiger partial charge is 0.0595 e. The van der Waals surface area contributed by atoms with E-state index in [1.54, 1.807) is 0 Å². The first kappa shape index (κ1) is 14.2. The van der Waals surface area contributed by atoms with Gasteiger partial charge in [0.1, 0.15) is 0 Å². The Labute approximate surface area is 120 Å². The molecule has 1 aromatic carbocycles. The maximum Gasteiger partial charge on any atom is 0.0595 e. The molecule has 2 rings (SSSR count). The summed E-state index contributed by atoms with van der Waals surface area (Å²) in [5, 5.41) is 1.26. The van der Waals surface area contributed by atoms with Crippen LogP contribution in [-0.4, -0.2) is 6.04 Å². The van der Waals surface area contributed by atoms with E-state index in [4.69, 9.17) is 28.9 Å². The van der Waals surface area contributed by atoms with Crippen LogP contribution in [0.25, 0.3) is 0 Å². The molecule has 2 N–H and O–H groups in total. The van der Waals surface area contributed by atoms with Crippen LogP contribution in [0.3, 0.4) is 0 Å². The van der Waals surface area contributed by atoms with Gasteiger partial charge in [0.2, 0.25) is 0 Å². The Morgan fingerprint density at radius 2 is 2.00 bits per heavy atom. The Balaban J connectivity index is 2.16. The van der Waals surface area contributed by atoms with Crippen molar-refractivity contribution in [2.75, 3.05) is 0 Å². The van der Waals surface area contributed by atoms with Gasteiger partial charge in [0.15, 0.2) is 0 Å². The highest BCUT2D eigenvalue weighted by Crippen LogP contribution is 2.39. The van der Waals surface area contributed by atoms with Gasteiger partial charge in [-0.25, -0.2) is 0 Å². The summed E-state index contributed by atoms with van der Waals surface area (Å²) in [6.45, 7) is 2.25. The van der Waals surface area contributed by atoms with Crippen LogP contribution < -0.4 is 5.73 Å². The Morgan fingerprint density at radius 3 is 2.67 bits per heavy atom. The second kappa shape index (κ2) is 6.27. The summed E-state index contributed by atoms with van der Waals surface area (Å²) in [6.07, 6.45) is 6.15. The standard InChI is InChI=1S/C15H21Cl2N/c1-2-3-10-4-7-15(18)12(8-10)11-5-6-13(16)14(17)9-11/h5-6,9-10,12,15H,2-4,7-8,18H2,1H3. The molecule has 1 aliphatic carbocycles. The molecule has 3 atom stereocenters. The van der Waals surface area contributed by atoms with Crippen molar-refractivity contribution in [3.05, 3.63) is 33.8 Å². The lowest BCUT2D eigenvalue weighted by Crippen LogP contribution is -2.34. The molecule has 0 spiro atoms. The van der Waals surface area contributed by atoms with Crippen molar-refractivity contribution in [1.29, 1.82) is 0 Å². The van der Waals surface area contributed by atoms with Crippen molar-refractivity contribution in [2.45, 2.75) is 51.0 Å². The van der Waals surface area contributed by atoms with Crippen molar-refractivity contribution in [3.8, 4) is 0 Å². The Kier molecular flexibility index (Phi) is 4.94. The van der Waals surface area contributed by atoms with Crippen LogP contribution in [0.4, 0.5) is 0 Å². The summed E-state index contributed by atoms with van der Waals surface area (Å²) in [5.74, 6) is 1.25. The molecular weight excluding hydrogens is 265 g/mol. The summed E-state index contributed by atoms with van der Waals surface area (Å²) in [4.78, 5) is 0. The molecule has 0 aliphatic heterocycles. The van der Waals surface area contributed by atoms with E-state index in [0.29, 0.717) is 16.0 Å². The van der Waals surface area contributed by atoms with E-state index < -0.39 is 0 Å². The van der Waals surface area contributed by atoms with Crippen molar-refractivity contribution in [3.63, 3.8) is 0 Å². The predicted octanol–water partition coefficient (Wildman–Crippen LogP) is 5.00. The normalized spacial score (nSPS) is 28.3. The van der Waals surface area contributed by atoms with Gasteiger partial charge in [0.05, 0.1) is 10.0 Å². The molecule has 3 unspecified atom stereocenters. The molecule has 18 heavy (non-hydrogen) atoms. The summed E-state index contributed by atoms with van der Waals surface area (Å²) in [5.41, 5.74) is 7.53. The fourth-order valence-corrected chi connectivity index (χ4v) is 3.38. The SMILES string of the molecule is CCCC1CCC(N)C(c2ccc(Cl)c(Cl)c2)C1. The lowest BCUT2D eigenvalue weighted by molar-refractivity contribution is 0.274. The molecule has 100 valence electrons. The minimum absolute atomic E-state index is 0.260. The van der Waals surface area contributed by atoms with Gasteiger partial charge in [-0.05, 0) is 48.8 Å². The summed E-state index contributed by atoms with van der Waals surface area (Å²) in [6, 6.07) is 6.21. The number of benzene rings is 1. The highest BCUT2D eigenvalue weighted by Gasteiger charge is 2.29. The highest BCUT2D eigenvalue weighted by molar-refractivity contribution is 6.42. The maximum absolute atomic E-state index is 6.28. The minimum Gasteiger partial charge on any atom is -0.327 e. The fourth-order valence-electron chi connectivity index (χ4n) is 3.08. The lowest BCUT2D eigenvalue weighted by atomic mass is 9.74. The maximum atomic E-state index is 6.28. The number of hydrogen-bond donors (Lipinski definition) is 1. The number of rotatable bonds is 3. The number of halogens is 2. The van der Waals surface area contributed by atoms with E-state index in [-0.39, 0.29) is 6.04 Å². The summed E-state index contributed by atoms with van der Waals surface area (Å²) >= 11 is 12.1. The fraction of sp³-hybridized carbons (Fsp3) is 0.600. The van der Waals surface area contributed by atoms with Gasteiger partial charge in [0.25, 0.3) is 0 Å². The third-order valence-corrected chi connectivity index (χ3v) is 4.82. The predicted molar refractivity (Wildman–Crippen MR) is 79.4 cm³/mol. The van der Waals surface area contributed by atoms with Crippen LogP contribution in [0.2, 0.25) is 10.0 Å². The molecule has 1 aromatic rings. The van der Waals surface area contributed by atoms with E-state index >= 15 is 0 Å². The summed E-state index contributed by atoms with van der Waals surface area (Å²) < 4.78 is 0. The zero-order chi connectivity index (χ0) is 13.1. The first-order valence-electron chi connectivity index (χ1n) is 6.82. The average molecular weight is 286 g/mol. The molecule has 1 nitrogen and oxygen atoms in total. The molecule has 0 aromatic heterocycles. The first-order valence-corrected chi connectivity index (χ1v) is 7.58.